The van der Waals surface area contributed by atoms with Crippen molar-refractivity contribution in [3.05, 3.63) is 34.8 Å². The number of methoxy groups -OCH3 is 1. The largest absolute Gasteiger partial charge is 0.493 e. The van der Waals surface area contributed by atoms with Crippen LogP contribution in [-0.2, 0) is 20.7 Å². The number of nitrogens with zero attached hydrogens (tertiary/aromatic N) is 2. The molecule has 0 aliphatic carbocycles. The number of benzene rings is 1. The SMILES string of the molecule is CCOC(=O)Cc1csc(NN=Cc2cccc(OC)c2OC(C)C(=O)O)n1. The highest BCUT2D eigenvalue weighted by atomic mass is 32.1. The minimum absolute atomic E-state index is 0.0939. The molecule has 150 valence electrons. The average Bonchev–Trinajstić information content (AvgIpc) is 3.09. The van der Waals surface area contributed by atoms with Gasteiger partial charge in [0.2, 0.25) is 5.13 Å². The molecule has 1 aromatic carbocycles. The molecule has 0 spiro atoms. The third kappa shape index (κ3) is 5.95. The molecular weight excluding hydrogens is 386 g/mol. The van der Waals surface area contributed by atoms with Crippen LogP contribution in [0.4, 0.5) is 5.13 Å². The second kappa shape index (κ2) is 10.3. The first-order chi connectivity index (χ1) is 13.4. The number of carbonyl (C=O) groups is 2. The Balaban J connectivity index is 2.09. The van der Waals surface area contributed by atoms with E-state index in [1.54, 1.807) is 30.5 Å². The highest BCUT2D eigenvalue weighted by Crippen LogP contribution is 2.31. The predicted molar refractivity (Wildman–Crippen MR) is 104 cm³/mol. The molecule has 0 bridgehead atoms. The molecule has 0 aliphatic heterocycles. The number of hydrogen-bond donors (Lipinski definition) is 2. The number of carboxylic acid groups (broad SMARTS) is 1. The van der Waals surface area contributed by atoms with Gasteiger partial charge in [0.25, 0.3) is 0 Å². The number of para-hydroxylation sites is 1. The zero-order valence-corrected chi connectivity index (χ0v) is 16.5. The first-order valence-electron chi connectivity index (χ1n) is 8.40. The number of ether oxygens (including phenoxy) is 3. The zero-order valence-electron chi connectivity index (χ0n) is 15.7. The van der Waals surface area contributed by atoms with Crippen LogP contribution in [0.5, 0.6) is 11.5 Å². The van der Waals surface area contributed by atoms with Gasteiger partial charge in [-0.05, 0) is 26.0 Å². The van der Waals surface area contributed by atoms with Crippen LogP contribution < -0.4 is 14.9 Å². The number of carboxylic acids is 1. The van der Waals surface area contributed by atoms with E-state index in [-0.39, 0.29) is 18.1 Å². The summed E-state index contributed by atoms with van der Waals surface area (Å²) >= 11 is 1.29. The third-order valence-electron chi connectivity index (χ3n) is 3.42. The van der Waals surface area contributed by atoms with Crippen molar-refractivity contribution in [2.75, 3.05) is 19.1 Å². The number of rotatable bonds is 10. The van der Waals surface area contributed by atoms with Crippen LogP contribution in [0, 0.1) is 0 Å². The molecule has 28 heavy (non-hydrogen) atoms. The van der Waals surface area contributed by atoms with Crippen LogP contribution in [0.1, 0.15) is 25.1 Å². The van der Waals surface area contributed by atoms with Crippen molar-refractivity contribution in [1.29, 1.82) is 0 Å². The van der Waals surface area contributed by atoms with E-state index in [9.17, 15) is 9.59 Å². The van der Waals surface area contributed by atoms with Gasteiger partial charge in [-0.25, -0.2) is 9.78 Å². The Hall–Kier alpha value is -3.14. The topological polar surface area (TPSA) is 119 Å². The van der Waals surface area contributed by atoms with Gasteiger partial charge in [0.1, 0.15) is 0 Å². The summed E-state index contributed by atoms with van der Waals surface area (Å²) in [6.45, 7) is 3.49. The summed E-state index contributed by atoms with van der Waals surface area (Å²) in [5.74, 6) is -0.770. The fourth-order valence-corrected chi connectivity index (χ4v) is 2.76. The van der Waals surface area contributed by atoms with Crippen LogP contribution >= 0.6 is 11.3 Å². The molecule has 1 unspecified atom stereocenters. The maximum absolute atomic E-state index is 11.5. The Kier molecular flexibility index (Phi) is 7.76. The minimum Gasteiger partial charge on any atom is -0.493 e. The van der Waals surface area contributed by atoms with Crippen LogP contribution in [-0.4, -0.2) is 48.1 Å². The van der Waals surface area contributed by atoms with Gasteiger partial charge in [-0.1, -0.05) is 6.07 Å². The third-order valence-corrected chi connectivity index (χ3v) is 4.21. The van der Waals surface area contributed by atoms with Gasteiger partial charge in [0, 0.05) is 10.9 Å². The molecule has 0 aliphatic rings. The van der Waals surface area contributed by atoms with Crippen LogP contribution in [0.3, 0.4) is 0 Å². The molecular formula is C18H21N3O6S. The molecule has 10 heteroatoms. The van der Waals surface area contributed by atoms with E-state index in [1.165, 1.54) is 31.6 Å². The van der Waals surface area contributed by atoms with E-state index in [0.29, 0.717) is 28.7 Å². The van der Waals surface area contributed by atoms with Gasteiger partial charge >= 0.3 is 11.9 Å². The van der Waals surface area contributed by atoms with Gasteiger partial charge in [-0.3, -0.25) is 10.2 Å². The van der Waals surface area contributed by atoms with Gasteiger partial charge in [-0.2, -0.15) is 5.10 Å². The molecule has 1 heterocycles. The van der Waals surface area contributed by atoms with Gasteiger partial charge in [0.15, 0.2) is 17.6 Å². The van der Waals surface area contributed by atoms with Crippen molar-refractivity contribution in [3.8, 4) is 11.5 Å². The molecule has 0 radical (unpaired) electrons. The Bertz CT molecular complexity index is 852. The number of thiazole rings is 1. The number of esters is 1. The Morgan fingerprint density at radius 3 is 2.89 bits per heavy atom. The number of hydrazone groups is 1. The molecule has 2 N–H and O–H groups in total. The fraction of sp³-hybridized carbons (Fsp3) is 0.333. The zero-order chi connectivity index (χ0) is 20.5. The number of aromatic nitrogens is 1. The van der Waals surface area contributed by atoms with Crippen LogP contribution in [0.2, 0.25) is 0 Å². The average molecular weight is 407 g/mol. The van der Waals surface area contributed by atoms with Crippen molar-refractivity contribution in [2.45, 2.75) is 26.4 Å². The minimum atomic E-state index is -1.09. The summed E-state index contributed by atoms with van der Waals surface area (Å²) in [6.07, 6.45) is 0.510. The standard InChI is InChI=1S/C18H21N3O6S/c1-4-26-15(22)8-13-10-28-18(20-13)21-19-9-12-6-5-7-14(25-3)16(12)27-11(2)17(23)24/h5-7,9-11H,4,8H2,1-3H3,(H,20,21)(H,23,24). The van der Waals surface area contributed by atoms with E-state index in [0.717, 1.165) is 0 Å². The van der Waals surface area contributed by atoms with E-state index in [2.05, 4.69) is 15.5 Å². The maximum Gasteiger partial charge on any atom is 0.344 e. The lowest BCUT2D eigenvalue weighted by atomic mass is 10.2. The number of carbonyl (C=O) groups excluding carboxylic acids is 1. The second-order valence-electron chi connectivity index (χ2n) is 5.47. The molecule has 1 atom stereocenters. The van der Waals surface area contributed by atoms with Crippen LogP contribution in [0.25, 0.3) is 0 Å². The summed E-state index contributed by atoms with van der Waals surface area (Å²) in [5.41, 5.74) is 3.89. The number of aliphatic carboxylic acids is 1. The summed E-state index contributed by atoms with van der Waals surface area (Å²) < 4.78 is 15.6. The molecule has 0 fully saturated rings. The highest BCUT2D eigenvalue weighted by Gasteiger charge is 2.18. The summed E-state index contributed by atoms with van der Waals surface area (Å²) in [4.78, 5) is 26.8. The molecule has 2 rings (SSSR count). The first kappa shape index (κ1) is 21.2. The van der Waals surface area contributed by atoms with Crippen molar-refractivity contribution in [1.82, 2.24) is 4.98 Å². The summed E-state index contributed by atoms with van der Waals surface area (Å²) in [6, 6.07) is 5.11. The Morgan fingerprint density at radius 1 is 1.43 bits per heavy atom. The van der Waals surface area contributed by atoms with Crippen molar-refractivity contribution in [3.63, 3.8) is 0 Å². The maximum atomic E-state index is 11.5. The predicted octanol–water partition coefficient (Wildman–Crippen LogP) is 2.56. The highest BCUT2D eigenvalue weighted by molar-refractivity contribution is 7.13. The van der Waals surface area contributed by atoms with Crippen LogP contribution in [0.15, 0.2) is 28.7 Å². The summed E-state index contributed by atoms with van der Waals surface area (Å²) in [7, 11) is 1.47. The van der Waals surface area contributed by atoms with Crippen molar-refractivity contribution in [2.24, 2.45) is 5.10 Å². The number of hydrogen-bond acceptors (Lipinski definition) is 9. The lowest BCUT2D eigenvalue weighted by molar-refractivity contribution is -0.144. The Labute approximate surface area is 166 Å². The van der Waals surface area contributed by atoms with Gasteiger partial charge in [-0.15, -0.1) is 11.3 Å². The molecule has 0 amide bonds. The van der Waals surface area contributed by atoms with Gasteiger partial charge in [0.05, 0.1) is 32.0 Å². The second-order valence-corrected chi connectivity index (χ2v) is 6.33. The lowest BCUT2D eigenvalue weighted by Crippen LogP contribution is -2.23. The van der Waals surface area contributed by atoms with Crippen molar-refractivity contribution >= 4 is 34.6 Å². The molecule has 1 aromatic heterocycles. The normalized spacial score (nSPS) is 11.8. The van der Waals surface area contributed by atoms with Crippen molar-refractivity contribution < 1.29 is 28.9 Å². The quantitative estimate of drug-likeness (QED) is 0.350. The van der Waals surface area contributed by atoms with E-state index in [1.807, 2.05) is 0 Å². The van der Waals surface area contributed by atoms with Gasteiger partial charge < -0.3 is 19.3 Å². The number of nitrogens with one attached hydrogen (secondary N) is 1. The smallest absolute Gasteiger partial charge is 0.344 e. The molecule has 0 saturated heterocycles. The van der Waals surface area contributed by atoms with E-state index in [4.69, 9.17) is 19.3 Å². The first-order valence-corrected chi connectivity index (χ1v) is 9.28. The molecule has 2 aromatic rings. The number of anilines is 1. The summed E-state index contributed by atoms with van der Waals surface area (Å²) in [5, 5.41) is 15.4. The van der Waals surface area contributed by atoms with E-state index >= 15 is 0 Å². The van der Waals surface area contributed by atoms with E-state index < -0.39 is 12.1 Å². The lowest BCUT2D eigenvalue weighted by Gasteiger charge is -2.15. The molecule has 9 nitrogen and oxygen atoms in total. The Morgan fingerprint density at radius 2 is 2.21 bits per heavy atom. The fourth-order valence-electron chi connectivity index (χ4n) is 2.10. The monoisotopic (exact) mass is 407 g/mol. The molecule has 0 saturated carbocycles.